The molecule has 2 rings (SSSR count). The van der Waals surface area contributed by atoms with E-state index in [0.29, 0.717) is 5.02 Å². The highest BCUT2D eigenvalue weighted by atomic mass is 35.5. The molecule has 112 valence electrons. The van der Waals surface area contributed by atoms with Gasteiger partial charge >= 0.3 is 5.97 Å². The van der Waals surface area contributed by atoms with Crippen LogP contribution in [0.3, 0.4) is 0 Å². The van der Waals surface area contributed by atoms with Gasteiger partial charge in [-0.3, -0.25) is 9.59 Å². The molecule has 1 aliphatic rings. The molecule has 0 radical (unpaired) electrons. The highest BCUT2D eigenvalue weighted by molar-refractivity contribution is 6.30. The van der Waals surface area contributed by atoms with Gasteiger partial charge in [0.15, 0.2) is 0 Å². The fourth-order valence-electron chi connectivity index (χ4n) is 2.18. The zero-order valence-corrected chi connectivity index (χ0v) is 12.3. The Labute approximate surface area is 127 Å². The first-order chi connectivity index (χ1) is 9.99. The second kappa shape index (κ2) is 6.74. The summed E-state index contributed by atoms with van der Waals surface area (Å²) in [6.45, 7) is 0.381. The van der Waals surface area contributed by atoms with Crippen molar-refractivity contribution >= 4 is 29.6 Å². The Hall–Kier alpha value is -1.85. The van der Waals surface area contributed by atoms with Crippen molar-refractivity contribution < 1.29 is 19.4 Å². The predicted molar refractivity (Wildman–Crippen MR) is 79.0 cm³/mol. The summed E-state index contributed by atoms with van der Waals surface area (Å²) in [4.78, 5) is 24.6. The first-order valence-electron chi connectivity index (χ1n) is 6.50. The highest BCUT2D eigenvalue weighted by Gasteiger charge is 2.37. The third-order valence-corrected chi connectivity index (χ3v) is 3.75. The van der Waals surface area contributed by atoms with Crippen LogP contribution < -0.4 is 0 Å². The molecule has 2 atom stereocenters. The molecule has 1 saturated heterocycles. The summed E-state index contributed by atoms with van der Waals surface area (Å²) < 4.78 is 5.16. The van der Waals surface area contributed by atoms with Gasteiger partial charge in [-0.15, -0.1) is 0 Å². The van der Waals surface area contributed by atoms with Gasteiger partial charge in [0, 0.05) is 18.1 Å². The summed E-state index contributed by atoms with van der Waals surface area (Å²) in [6, 6.07) is 6.63. The number of carbonyl (C=O) groups is 2. The lowest BCUT2D eigenvalue weighted by atomic mass is 10.0. The number of aliphatic carboxylic acids is 1. The summed E-state index contributed by atoms with van der Waals surface area (Å²) >= 11 is 5.79. The van der Waals surface area contributed by atoms with Gasteiger partial charge in [-0.1, -0.05) is 23.7 Å². The normalized spacial score (nSPS) is 21.6. The largest absolute Gasteiger partial charge is 0.481 e. The Morgan fingerprint density at radius 2 is 2.00 bits per heavy atom. The van der Waals surface area contributed by atoms with Crippen LogP contribution in [0.5, 0.6) is 0 Å². The lowest BCUT2D eigenvalue weighted by molar-refractivity contribution is -0.143. The van der Waals surface area contributed by atoms with E-state index in [1.807, 2.05) is 0 Å². The van der Waals surface area contributed by atoms with E-state index in [-0.39, 0.29) is 19.1 Å². The smallest absolute Gasteiger partial charge is 0.311 e. The van der Waals surface area contributed by atoms with Gasteiger partial charge in [0.25, 0.3) is 0 Å². The number of ether oxygens (including phenoxy) is 1. The van der Waals surface area contributed by atoms with E-state index in [1.165, 1.54) is 11.0 Å². The summed E-state index contributed by atoms with van der Waals surface area (Å²) in [6.07, 6.45) is 3.08. The fourth-order valence-corrected chi connectivity index (χ4v) is 2.31. The zero-order valence-electron chi connectivity index (χ0n) is 11.5. The SMILES string of the molecule is CN(C(=O)C=Cc1ccc(Cl)cc1)C1COCC1C(=O)O. The van der Waals surface area contributed by atoms with Gasteiger partial charge in [-0.25, -0.2) is 0 Å². The van der Waals surface area contributed by atoms with Crippen LogP contribution in [0.2, 0.25) is 5.02 Å². The maximum absolute atomic E-state index is 12.1. The minimum Gasteiger partial charge on any atom is -0.481 e. The minimum absolute atomic E-state index is 0.137. The molecular formula is C15H16ClNO4. The van der Waals surface area contributed by atoms with Crippen LogP contribution >= 0.6 is 11.6 Å². The molecule has 0 aromatic heterocycles. The number of likely N-dealkylation sites (N-methyl/N-ethyl adjacent to an activating group) is 1. The van der Waals surface area contributed by atoms with Crippen LogP contribution in [0.1, 0.15) is 5.56 Å². The van der Waals surface area contributed by atoms with Crippen LogP contribution in [-0.2, 0) is 14.3 Å². The van der Waals surface area contributed by atoms with E-state index in [4.69, 9.17) is 21.4 Å². The number of rotatable bonds is 4. The number of hydrogen-bond acceptors (Lipinski definition) is 3. The Morgan fingerprint density at radius 1 is 1.33 bits per heavy atom. The molecule has 1 aromatic rings. The van der Waals surface area contributed by atoms with Crippen LogP contribution in [-0.4, -0.2) is 48.2 Å². The molecule has 1 aromatic carbocycles. The number of nitrogens with zero attached hydrogens (tertiary/aromatic N) is 1. The lowest BCUT2D eigenvalue weighted by Gasteiger charge is -2.25. The molecule has 0 spiro atoms. The summed E-state index contributed by atoms with van der Waals surface area (Å²) in [5.41, 5.74) is 0.846. The quantitative estimate of drug-likeness (QED) is 0.863. The first kappa shape index (κ1) is 15.5. The van der Waals surface area contributed by atoms with E-state index >= 15 is 0 Å². The van der Waals surface area contributed by atoms with Gasteiger partial charge < -0.3 is 14.7 Å². The van der Waals surface area contributed by atoms with Crippen molar-refractivity contribution in [3.63, 3.8) is 0 Å². The van der Waals surface area contributed by atoms with Crippen LogP contribution in [0.25, 0.3) is 6.08 Å². The van der Waals surface area contributed by atoms with Crippen LogP contribution in [0, 0.1) is 5.92 Å². The Kier molecular flexibility index (Phi) is 4.98. The van der Waals surface area contributed by atoms with Crippen molar-refractivity contribution in [3.8, 4) is 0 Å². The molecule has 1 N–H and O–H groups in total. The van der Waals surface area contributed by atoms with E-state index < -0.39 is 17.9 Å². The molecule has 21 heavy (non-hydrogen) atoms. The average Bonchev–Trinajstić information content (AvgIpc) is 2.95. The van der Waals surface area contributed by atoms with E-state index in [0.717, 1.165) is 5.56 Å². The second-order valence-corrected chi connectivity index (χ2v) is 5.32. The minimum atomic E-state index is -0.946. The monoisotopic (exact) mass is 309 g/mol. The molecule has 6 heteroatoms. The molecule has 1 heterocycles. The predicted octanol–water partition coefficient (Wildman–Crippen LogP) is 1.91. The topological polar surface area (TPSA) is 66.8 Å². The number of halogens is 1. The van der Waals surface area contributed by atoms with Crippen LogP contribution in [0.4, 0.5) is 0 Å². The molecule has 5 nitrogen and oxygen atoms in total. The second-order valence-electron chi connectivity index (χ2n) is 4.88. The lowest BCUT2D eigenvalue weighted by Crippen LogP contribution is -2.43. The molecule has 2 unspecified atom stereocenters. The summed E-state index contributed by atoms with van der Waals surface area (Å²) in [5.74, 6) is -1.88. The van der Waals surface area contributed by atoms with Gasteiger partial charge in [0.2, 0.25) is 5.91 Å². The maximum atomic E-state index is 12.1. The Morgan fingerprint density at radius 3 is 2.62 bits per heavy atom. The van der Waals surface area contributed by atoms with Gasteiger partial charge in [0.1, 0.15) is 5.92 Å². The van der Waals surface area contributed by atoms with E-state index in [9.17, 15) is 9.59 Å². The maximum Gasteiger partial charge on any atom is 0.311 e. The Bertz CT molecular complexity index is 555. The molecule has 1 amide bonds. The van der Waals surface area contributed by atoms with Crippen molar-refractivity contribution in [2.75, 3.05) is 20.3 Å². The van der Waals surface area contributed by atoms with Crippen LogP contribution in [0.15, 0.2) is 30.3 Å². The number of benzene rings is 1. The van der Waals surface area contributed by atoms with E-state index in [1.54, 1.807) is 37.4 Å². The van der Waals surface area contributed by atoms with Crippen molar-refractivity contribution in [2.24, 2.45) is 5.92 Å². The number of carboxylic acid groups (broad SMARTS) is 1. The van der Waals surface area contributed by atoms with Crippen molar-refractivity contribution in [2.45, 2.75) is 6.04 Å². The number of carboxylic acids is 1. The van der Waals surface area contributed by atoms with Gasteiger partial charge in [-0.05, 0) is 23.8 Å². The molecule has 0 aliphatic carbocycles. The molecule has 0 saturated carbocycles. The first-order valence-corrected chi connectivity index (χ1v) is 6.88. The highest BCUT2D eigenvalue weighted by Crippen LogP contribution is 2.19. The molecular weight excluding hydrogens is 294 g/mol. The van der Waals surface area contributed by atoms with Gasteiger partial charge in [-0.2, -0.15) is 0 Å². The molecule has 0 bridgehead atoms. The number of carbonyl (C=O) groups excluding carboxylic acids is 1. The fraction of sp³-hybridized carbons (Fsp3) is 0.333. The average molecular weight is 310 g/mol. The van der Waals surface area contributed by atoms with Gasteiger partial charge in [0.05, 0.1) is 19.3 Å². The van der Waals surface area contributed by atoms with Crippen molar-refractivity contribution in [1.29, 1.82) is 0 Å². The number of amides is 1. The molecule has 1 fully saturated rings. The van der Waals surface area contributed by atoms with Crippen molar-refractivity contribution in [3.05, 3.63) is 40.9 Å². The zero-order chi connectivity index (χ0) is 15.4. The third kappa shape index (κ3) is 3.83. The summed E-state index contributed by atoms with van der Waals surface area (Å²) in [5, 5.41) is 9.73. The Balaban J connectivity index is 2.02. The number of hydrogen-bond donors (Lipinski definition) is 1. The molecule has 1 aliphatic heterocycles. The summed E-state index contributed by atoms with van der Waals surface area (Å²) in [7, 11) is 1.59. The standard InChI is InChI=1S/C15H16ClNO4/c1-17(13-9-21-8-12(13)15(19)20)14(18)7-4-10-2-5-11(16)6-3-10/h2-7,12-13H,8-9H2,1H3,(H,19,20). The van der Waals surface area contributed by atoms with Crippen molar-refractivity contribution in [1.82, 2.24) is 4.90 Å². The van der Waals surface area contributed by atoms with E-state index in [2.05, 4.69) is 0 Å². The third-order valence-electron chi connectivity index (χ3n) is 3.50.